The fourth-order valence-electron chi connectivity index (χ4n) is 5.75. The second-order valence-corrected chi connectivity index (χ2v) is 13.1. The van der Waals surface area contributed by atoms with Gasteiger partial charge in [0.05, 0.1) is 6.20 Å². The first kappa shape index (κ1) is 41.3. The molecule has 5 rings (SSSR count). The van der Waals surface area contributed by atoms with E-state index in [0.717, 1.165) is 41.6 Å². The average Bonchev–Trinajstić information content (AvgIpc) is 3.54. The molecule has 0 saturated carbocycles. The summed E-state index contributed by atoms with van der Waals surface area (Å²) in [5, 5.41) is 4.57. The van der Waals surface area contributed by atoms with Gasteiger partial charge in [0.2, 0.25) is 0 Å². The quantitative estimate of drug-likeness (QED) is 0.0416. The Hall–Kier alpha value is -4.50. The molecule has 1 atom stereocenters. The maximum atomic E-state index is 13.6. The van der Waals surface area contributed by atoms with Crippen LogP contribution in [0.25, 0.3) is 11.1 Å². The lowest BCUT2D eigenvalue weighted by atomic mass is 10.0. The van der Waals surface area contributed by atoms with Crippen LogP contribution >= 0.6 is 24.2 Å². The zero-order chi connectivity index (χ0) is 37.3. The van der Waals surface area contributed by atoms with Crippen molar-refractivity contribution in [3.63, 3.8) is 0 Å². The molecule has 282 valence electrons. The highest BCUT2D eigenvalue weighted by Crippen LogP contribution is 2.29. The predicted octanol–water partition coefficient (Wildman–Crippen LogP) is 7.53. The number of alkyl halides is 3. The van der Waals surface area contributed by atoms with Crippen molar-refractivity contribution < 1.29 is 27.1 Å². The van der Waals surface area contributed by atoms with E-state index in [1.165, 1.54) is 36.0 Å². The Balaban J connectivity index is 0.00000627. The van der Waals surface area contributed by atoms with Crippen LogP contribution in [0.15, 0.2) is 101 Å². The molecule has 3 aromatic carbocycles. The molecular weight excluding hydrogens is 732 g/mol. The summed E-state index contributed by atoms with van der Waals surface area (Å²) in [5.74, 6) is -0.257. The van der Waals surface area contributed by atoms with Crippen molar-refractivity contribution in [2.24, 2.45) is 7.05 Å². The van der Waals surface area contributed by atoms with Gasteiger partial charge in [0.1, 0.15) is 17.7 Å². The van der Waals surface area contributed by atoms with Crippen molar-refractivity contribution in [1.82, 2.24) is 29.1 Å². The van der Waals surface area contributed by atoms with Gasteiger partial charge in [-0.2, -0.15) is 10.1 Å². The number of likely N-dealkylation sites (N-methyl/N-ethyl adjacent to an activating group) is 1. The van der Waals surface area contributed by atoms with E-state index in [2.05, 4.69) is 33.6 Å². The van der Waals surface area contributed by atoms with E-state index in [4.69, 9.17) is 0 Å². The van der Waals surface area contributed by atoms with Crippen molar-refractivity contribution in [3.05, 3.63) is 130 Å². The van der Waals surface area contributed by atoms with Crippen LogP contribution < -0.4 is 10.3 Å². The molecule has 2 heterocycles. The van der Waals surface area contributed by atoms with E-state index in [9.17, 15) is 27.2 Å². The van der Waals surface area contributed by atoms with Gasteiger partial charge >= 0.3 is 6.36 Å². The van der Waals surface area contributed by atoms with E-state index in [1.807, 2.05) is 35.4 Å². The van der Waals surface area contributed by atoms with Crippen molar-refractivity contribution in [3.8, 4) is 16.9 Å². The summed E-state index contributed by atoms with van der Waals surface area (Å²) in [6.45, 7) is 7.36. The highest BCUT2D eigenvalue weighted by Gasteiger charge is 2.31. The largest absolute Gasteiger partial charge is 0.573 e. The number of ether oxygens (including phenoxy) is 1. The molecule has 0 saturated heterocycles. The normalized spacial score (nSPS) is 12.2. The summed E-state index contributed by atoms with van der Waals surface area (Å²) in [6.07, 6.45) is 0.725. The third-order valence-corrected chi connectivity index (χ3v) is 9.60. The number of benzene rings is 3. The highest BCUT2D eigenvalue weighted by atomic mass is 35.5. The minimum Gasteiger partial charge on any atom is -0.406 e. The van der Waals surface area contributed by atoms with Gasteiger partial charge in [-0.15, -0.1) is 25.6 Å². The maximum absolute atomic E-state index is 13.6. The van der Waals surface area contributed by atoms with E-state index in [-0.39, 0.29) is 30.4 Å². The Kier molecular flexibility index (Phi) is 14.8. The molecule has 0 bridgehead atoms. The molecule has 0 N–H and O–H groups in total. The third kappa shape index (κ3) is 11.7. The molecule has 0 aliphatic rings. The van der Waals surface area contributed by atoms with Crippen LogP contribution in [0.2, 0.25) is 0 Å². The topological polar surface area (TPSA) is 85.5 Å². The number of rotatable bonds is 17. The standard InChI is InChI=1S/C38H40F4N6O3S.ClH/c1-4-46(5-2)18-19-47(23-27-6-10-30(11-7-27)31-12-16-34(17-13-31)51-38(40,41)42)35(25-49)48-24-32(20-29-21-43-45(3)22-29)36(50)44-37(48)52-26-28-8-14-33(39)15-9-28;/h6-17,21-22,24-25,35H,4-5,18-20,23,26H2,1-3H3;1H. The number of thioether (sulfide) groups is 1. The van der Waals surface area contributed by atoms with Gasteiger partial charge in [0, 0.05) is 56.8 Å². The second kappa shape index (κ2) is 19.0. The highest BCUT2D eigenvalue weighted by molar-refractivity contribution is 7.98. The molecule has 0 aliphatic heterocycles. The van der Waals surface area contributed by atoms with Crippen LogP contribution in [0.5, 0.6) is 5.75 Å². The van der Waals surface area contributed by atoms with Crippen molar-refractivity contribution >= 4 is 30.5 Å². The lowest BCUT2D eigenvalue weighted by molar-refractivity contribution is -0.274. The molecule has 1 unspecified atom stereocenters. The summed E-state index contributed by atoms with van der Waals surface area (Å²) in [5.41, 5.74) is 4.07. The number of carbonyl (C=O) groups is 1. The summed E-state index contributed by atoms with van der Waals surface area (Å²) >= 11 is 1.29. The molecule has 0 spiro atoms. The molecule has 9 nitrogen and oxygen atoms in total. The lowest BCUT2D eigenvalue weighted by Crippen LogP contribution is -2.40. The van der Waals surface area contributed by atoms with Crippen molar-refractivity contribution in [2.45, 2.75) is 50.3 Å². The average molecular weight is 773 g/mol. The molecule has 5 aromatic rings. The van der Waals surface area contributed by atoms with Gasteiger partial charge < -0.3 is 14.2 Å². The van der Waals surface area contributed by atoms with Gasteiger partial charge in [-0.1, -0.05) is 74.1 Å². The smallest absolute Gasteiger partial charge is 0.406 e. The monoisotopic (exact) mass is 772 g/mol. The van der Waals surface area contributed by atoms with Gasteiger partial charge in [0.25, 0.3) is 5.56 Å². The maximum Gasteiger partial charge on any atom is 0.573 e. The van der Waals surface area contributed by atoms with E-state index in [1.54, 1.807) is 53.0 Å². The molecule has 0 radical (unpaired) electrons. The molecular formula is C38H41ClF4N6O3S. The van der Waals surface area contributed by atoms with Gasteiger partial charge in [-0.3, -0.25) is 19.2 Å². The molecule has 0 amide bonds. The summed E-state index contributed by atoms with van der Waals surface area (Å²) in [7, 11) is 1.79. The van der Waals surface area contributed by atoms with Crippen molar-refractivity contribution in [1.29, 1.82) is 0 Å². The number of nitrogens with zero attached hydrogens (tertiary/aromatic N) is 6. The zero-order valence-electron chi connectivity index (χ0n) is 29.5. The third-order valence-electron chi connectivity index (χ3n) is 8.56. The predicted molar refractivity (Wildman–Crippen MR) is 200 cm³/mol. The van der Waals surface area contributed by atoms with E-state index >= 15 is 0 Å². The number of carbonyl (C=O) groups excluding carboxylic acids is 1. The molecule has 0 fully saturated rings. The Morgan fingerprint density at radius 2 is 1.51 bits per heavy atom. The number of aldehydes is 1. The van der Waals surface area contributed by atoms with Crippen LogP contribution in [-0.4, -0.2) is 68.0 Å². The summed E-state index contributed by atoms with van der Waals surface area (Å²) in [6, 6.07) is 19.4. The van der Waals surface area contributed by atoms with Crippen LogP contribution in [0.4, 0.5) is 17.6 Å². The summed E-state index contributed by atoms with van der Waals surface area (Å²) < 4.78 is 58.9. The molecule has 0 aliphatic carbocycles. The Bertz CT molecular complexity index is 1970. The van der Waals surface area contributed by atoms with E-state index < -0.39 is 18.1 Å². The number of hydrogen-bond acceptors (Lipinski definition) is 8. The Labute approximate surface area is 316 Å². The molecule has 53 heavy (non-hydrogen) atoms. The van der Waals surface area contributed by atoms with Crippen LogP contribution in [-0.2, 0) is 30.6 Å². The van der Waals surface area contributed by atoms with Gasteiger partial charge in [-0.25, -0.2) is 4.39 Å². The Morgan fingerprint density at radius 3 is 2.08 bits per heavy atom. The minimum absolute atomic E-state index is 0. The number of halogens is 5. The van der Waals surface area contributed by atoms with Gasteiger partial charge in [0.15, 0.2) is 11.4 Å². The number of aryl methyl sites for hydroxylation is 1. The zero-order valence-corrected chi connectivity index (χ0v) is 31.1. The number of hydrogen-bond donors (Lipinski definition) is 0. The Morgan fingerprint density at radius 1 is 0.887 bits per heavy atom. The van der Waals surface area contributed by atoms with Crippen LogP contribution in [0, 0.1) is 5.82 Å². The first-order valence-electron chi connectivity index (χ1n) is 16.8. The van der Waals surface area contributed by atoms with E-state index in [0.29, 0.717) is 41.7 Å². The lowest BCUT2D eigenvalue weighted by Gasteiger charge is -2.33. The minimum atomic E-state index is -4.77. The van der Waals surface area contributed by atoms with Crippen LogP contribution in [0.3, 0.4) is 0 Å². The van der Waals surface area contributed by atoms with Crippen molar-refractivity contribution in [2.75, 3.05) is 26.2 Å². The SMILES string of the molecule is CCN(CC)CCN(Cc1ccc(-c2ccc(OC(F)(F)F)cc2)cc1)C(C=O)n1cc(Cc2cnn(C)c2)c(=O)nc1SCc1ccc(F)cc1.Cl. The summed E-state index contributed by atoms with van der Waals surface area (Å²) in [4.78, 5) is 35.3. The first-order valence-corrected chi connectivity index (χ1v) is 17.8. The molecule has 15 heteroatoms. The van der Waals surface area contributed by atoms with Crippen LogP contribution in [0.1, 0.15) is 42.3 Å². The molecule has 2 aromatic heterocycles. The van der Waals surface area contributed by atoms with Gasteiger partial charge in [-0.05, 0) is 65.2 Å². The first-order chi connectivity index (χ1) is 24.9. The number of aromatic nitrogens is 4. The fraction of sp³-hybridized carbons (Fsp3) is 0.316. The fourth-order valence-corrected chi connectivity index (χ4v) is 6.70. The second-order valence-electron chi connectivity index (χ2n) is 12.2.